The fourth-order valence-electron chi connectivity index (χ4n) is 1.43. The van der Waals surface area contributed by atoms with Gasteiger partial charge in [0.25, 0.3) is 5.89 Å². The molecule has 2 aromatic rings. The third-order valence-corrected chi connectivity index (χ3v) is 2.37. The molecule has 0 unspecified atom stereocenters. The Labute approximate surface area is 103 Å². The van der Waals surface area contributed by atoms with E-state index >= 15 is 0 Å². The lowest BCUT2D eigenvalue weighted by molar-refractivity contribution is -0.137. The molecule has 0 aliphatic heterocycles. The standard InChI is InChI=1S/C12H12N2O4/c1-17-9-4-2-8(3-5-9)12-13-10(14-18-12)6-7-11(15)16/h2-5H,6-7H2,1H3,(H,15,16). The highest BCUT2D eigenvalue weighted by molar-refractivity contribution is 5.66. The van der Waals surface area contributed by atoms with Crippen LogP contribution in [0.1, 0.15) is 12.2 Å². The monoisotopic (exact) mass is 248 g/mol. The van der Waals surface area contributed by atoms with Gasteiger partial charge in [-0.05, 0) is 24.3 Å². The van der Waals surface area contributed by atoms with Gasteiger partial charge in [0, 0.05) is 12.0 Å². The van der Waals surface area contributed by atoms with Crippen LogP contribution in [-0.2, 0) is 11.2 Å². The van der Waals surface area contributed by atoms with Gasteiger partial charge < -0.3 is 14.4 Å². The molecule has 6 heteroatoms. The van der Waals surface area contributed by atoms with Gasteiger partial charge in [0.1, 0.15) is 5.75 Å². The van der Waals surface area contributed by atoms with Gasteiger partial charge in [-0.1, -0.05) is 5.16 Å². The molecule has 0 atom stereocenters. The number of carboxylic acids is 1. The third kappa shape index (κ3) is 2.85. The van der Waals surface area contributed by atoms with Crippen molar-refractivity contribution in [1.82, 2.24) is 10.1 Å². The van der Waals surface area contributed by atoms with E-state index in [1.807, 2.05) is 0 Å². The minimum Gasteiger partial charge on any atom is -0.497 e. The Bertz CT molecular complexity index is 533. The lowest BCUT2D eigenvalue weighted by Gasteiger charge is -1.98. The minimum absolute atomic E-state index is 0.0123. The van der Waals surface area contributed by atoms with Gasteiger partial charge >= 0.3 is 5.97 Å². The average Bonchev–Trinajstić information content (AvgIpc) is 2.85. The van der Waals surface area contributed by atoms with Crippen molar-refractivity contribution in [3.8, 4) is 17.2 Å². The van der Waals surface area contributed by atoms with Gasteiger partial charge in [0.2, 0.25) is 0 Å². The zero-order chi connectivity index (χ0) is 13.0. The van der Waals surface area contributed by atoms with Crippen LogP contribution in [0.15, 0.2) is 28.8 Å². The van der Waals surface area contributed by atoms with Crippen molar-refractivity contribution < 1.29 is 19.2 Å². The van der Waals surface area contributed by atoms with Crippen LogP contribution in [0.25, 0.3) is 11.5 Å². The number of hydrogen-bond acceptors (Lipinski definition) is 5. The first-order chi connectivity index (χ1) is 8.69. The van der Waals surface area contributed by atoms with Crippen molar-refractivity contribution >= 4 is 5.97 Å². The van der Waals surface area contributed by atoms with E-state index in [2.05, 4.69) is 10.1 Å². The number of carboxylic acid groups (broad SMARTS) is 1. The summed E-state index contributed by atoms with van der Waals surface area (Å²) in [5.74, 6) is 0.622. The van der Waals surface area contributed by atoms with Gasteiger partial charge in [0.15, 0.2) is 5.82 Å². The molecule has 18 heavy (non-hydrogen) atoms. The summed E-state index contributed by atoms with van der Waals surface area (Å²) in [7, 11) is 1.59. The van der Waals surface area contributed by atoms with E-state index in [9.17, 15) is 4.79 Å². The summed E-state index contributed by atoms with van der Waals surface area (Å²) in [5.41, 5.74) is 0.768. The molecule has 0 saturated heterocycles. The Morgan fingerprint density at radius 3 is 2.72 bits per heavy atom. The highest BCUT2D eigenvalue weighted by Gasteiger charge is 2.10. The third-order valence-electron chi connectivity index (χ3n) is 2.37. The zero-order valence-corrected chi connectivity index (χ0v) is 9.79. The maximum Gasteiger partial charge on any atom is 0.303 e. The van der Waals surface area contributed by atoms with E-state index < -0.39 is 5.97 Å². The number of hydrogen-bond donors (Lipinski definition) is 1. The van der Waals surface area contributed by atoms with Crippen molar-refractivity contribution in [3.05, 3.63) is 30.1 Å². The SMILES string of the molecule is COc1ccc(-c2nc(CCC(=O)O)no2)cc1. The van der Waals surface area contributed by atoms with E-state index in [0.29, 0.717) is 11.7 Å². The van der Waals surface area contributed by atoms with E-state index in [1.54, 1.807) is 31.4 Å². The molecule has 0 bridgehead atoms. The van der Waals surface area contributed by atoms with Crippen LogP contribution in [0.5, 0.6) is 5.75 Å². The summed E-state index contributed by atoms with van der Waals surface area (Å²) in [6.07, 6.45) is 0.247. The Kier molecular flexibility index (Phi) is 3.57. The number of aromatic nitrogens is 2. The topological polar surface area (TPSA) is 85.5 Å². The van der Waals surface area contributed by atoms with Crippen LogP contribution in [0.4, 0.5) is 0 Å². The second-order valence-corrected chi connectivity index (χ2v) is 3.64. The number of methoxy groups -OCH3 is 1. The molecule has 1 aromatic heterocycles. The van der Waals surface area contributed by atoms with Crippen LogP contribution >= 0.6 is 0 Å². The summed E-state index contributed by atoms with van der Waals surface area (Å²) in [6.45, 7) is 0. The molecule has 1 heterocycles. The molecule has 2 rings (SSSR count). The molecule has 0 saturated carbocycles. The highest BCUT2D eigenvalue weighted by atomic mass is 16.5. The van der Waals surface area contributed by atoms with Gasteiger partial charge in [-0.25, -0.2) is 0 Å². The number of aryl methyl sites for hydroxylation is 1. The lowest BCUT2D eigenvalue weighted by Crippen LogP contribution is -1.98. The molecule has 0 radical (unpaired) electrons. The fraction of sp³-hybridized carbons (Fsp3) is 0.250. The number of aliphatic carboxylic acids is 1. The van der Waals surface area contributed by atoms with Crippen molar-refractivity contribution in [2.24, 2.45) is 0 Å². The van der Waals surface area contributed by atoms with Crippen molar-refractivity contribution in [1.29, 1.82) is 0 Å². The number of ether oxygens (including phenoxy) is 1. The second-order valence-electron chi connectivity index (χ2n) is 3.64. The van der Waals surface area contributed by atoms with Gasteiger partial charge in [0.05, 0.1) is 13.5 Å². The number of rotatable bonds is 5. The molecule has 1 N–H and O–H groups in total. The summed E-state index contributed by atoms with van der Waals surface area (Å²) in [4.78, 5) is 14.5. The first-order valence-corrected chi connectivity index (χ1v) is 5.38. The van der Waals surface area contributed by atoms with Crippen LogP contribution < -0.4 is 4.74 Å². The first-order valence-electron chi connectivity index (χ1n) is 5.38. The molecule has 1 aromatic carbocycles. The average molecular weight is 248 g/mol. The number of nitrogens with zero attached hydrogens (tertiary/aromatic N) is 2. The van der Waals surface area contributed by atoms with Gasteiger partial charge in [-0.2, -0.15) is 4.98 Å². The quantitative estimate of drug-likeness (QED) is 0.867. The van der Waals surface area contributed by atoms with Crippen molar-refractivity contribution in [2.45, 2.75) is 12.8 Å². The van der Waals surface area contributed by atoms with E-state index in [-0.39, 0.29) is 12.8 Å². The molecule has 0 spiro atoms. The minimum atomic E-state index is -0.884. The summed E-state index contributed by atoms with van der Waals surface area (Å²) in [6, 6.07) is 7.17. The van der Waals surface area contributed by atoms with Crippen LogP contribution in [0.3, 0.4) is 0 Å². The summed E-state index contributed by atoms with van der Waals surface area (Å²) in [5, 5.41) is 12.3. The van der Waals surface area contributed by atoms with E-state index in [1.165, 1.54) is 0 Å². The van der Waals surface area contributed by atoms with Crippen molar-refractivity contribution in [3.63, 3.8) is 0 Å². The van der Waals surface area contributed by atoms with Crippen LogP contribution in [0.2, 0.25) is 0 Å². The van der Waals surface area contributed by atoms with Gasteiger partial charge in [-0.3, -0.25) is 4.79 Å². The summed E-state index contributed by atoms with van der Waals surface area (Å²) >= 11 is 0. The molecule has 0 aliphatic carbocycles. The Hall–Kier alpha value is -2.37. The molecule has 94 valence electrons. The first kappa shape index (κ1) is 12.1. The maximum atomic E-state index is 10.4. The smallest absolute Gasteiger partial charge is 0.303 e. The molecule has 6 nitrogen and oxygen atoms in total. The Morgan fingerprint density at radius 1 is 1.39 bits per heavy atom. The van der Waals surface area contributed by atoms with Crippen LogP contribution in [-0.4, -0.2) is 28.3 Å². The normalized spacial score (nSPS) is 10.3. The molecule has 0 aliphatic rings. The number of carbonyl (C=O) groups is 1. The van der Waals surface area contributed by atoms with Gasteiger partial charge in [-0.15, -0.1) is 0 Å². The molecule has 0 amide bonds. The van der Waals surface area contributed by atoms with E-state index in [4.69, 9.17) is 14.4 Å². The number of benzene rings is 1. The molecule has 0 fully saturated rings. The predicted molar refractivity (Wildman–Crippen MR) is 62.2 cm³/mol. The Morgan fingerprint density at radius 2 is 2.11 bits per heavy atom. The zero-order valence-electron chi connectivity index (χ0n) is 9.79. The lowest BCUT2D eigenvalue weighted by atomic mass is 10.2. The second kappa shape index (κ2) is 5.31. The predicted octanol–water partition coefficient (Wildman–Crippen LogP) is 1.76. The largest absolute Gasteiger partial charge is 0.497 e. The summed E-state index contributed by atoms with van der Waals surface area (Å²) < 4.78 is 10.1. The Balaban J connectivity index is 2.10. The molecular formula is C12H12N2O4. The van der Waals surface area contributed by atoms with E-state index in [0.717, 1.165) is 11.3 Å². The maximum absolute atomic E-state index is 10.4. The van der Waals surface area contributed by atoms with Crippen LogP contribution in [0, 0.1) is 0 Å². The fourth-order valence-corrected chi connectivity index (χ4v) is 1.43. The molecular weight excluding hydrogens is 236 g/mol. The van der Waals surface area contributed by atoms with Crippen molar-refractivity contribution in [2.75, 3.05) is 7.11 Å². The highest BCUT2D eigenvalue weighted by Crippen LogP contribution is 2.20.